The summed E-state index contributed by atoms with van der Waals surface area (Å²) in [5.41, 5.74) is 5.71. The lowest BCUT2D eigenvalue weighted by atomic mass is 9.93. The van der Waals surface area contributed by atoms with E-state index in [1.54, 1.807) is 18.2 Å². The number of carbonyl (C=O) groups excluding carboxylic acids is 2. The first kappa shape index (κ1) is 21.7. The molecule has 2 aliphatic heterocycles. The van der Waals surface area contributed by atoms with Crippen molar-refractivity contribution in [3.63, 3.8) is 0 Å². The zero-order chi connectivity index (χ0) is 20.9. The van der Waals surface area contributed by atoms with Crippen LogP contribution in [0.5, 0.6) is 0 Å². The smallest absolute Gasteiger partial charge is 0.243 e. The highest BCUT2D eigenvalue weighted by molar-refractivity contribution is 7.89. The molecule has 1 atom stereocenters. The zero-order valence-corrected chi connectivity index (χ0v) is 17.5. The monoisotopic (exact) mass is 422 g/mol. The number of benzene rings is 1. The predicted molar refractivity (Wildman–Crippen MR) is 111 cm³/mol. The van der Waals surface area contributed by atoms with E-state index in [4.69, 9.17) is 5.73 Å². The van der Waals surface area contributed by atoms with Gasteiger partial charge in [0.25, 0.3) is 0 Å². The van der Waals surface area contributed by atoms with Crippen molar-refractivity contribution < 1.29 is 18.0 Å². The minimum absolute atomic E-state index is 0.170. The summed E-state index contributed by atoms with van der Waals surface area (Å²) < 4.78 is 26.9. The fourth-order valence-corrected chi connectivity index (χ4v) is 5.66. The van der Waals surface area contributed by atoms with Crippen LogP contribution in [-0.2, 0) is 19.6 Å². The van der Waals surface area contributed by atoms with E-state index in [0.29, 0.717) is 31.1 Å². The standard InChI is InChI=1S/C20H30N4O4S/c21-19(25)9-8-16-5-4-10-23(14-16)15-20(26)22-17-6-3-7-18(13-17)29(27,28)24-11-1-2-12-24/h3,6-7,13,16H,1-2,4-5,8-12,14-15H2,(H2,21,25)(H,22,26). The number of likely N-dealkylation sites (tertiary alicyclic amines) is 1. The van der Waals surface area contributed by atoms with Crippen LogP contribution in [-0.4, -0.2) is 62.2 Å². The molecule has 29 heavy (non-hydrogen) atoms. The van der Waals surface area contributed by atoms with Gasteiger partial charge in [0.15, 0.2) is 0 Å². The third kappa shape index (κ3) is 6.01. The number of rotatable bonds is 8. The molecule has 0 bridgehead atoms. The highest BCUT2D eigenvalue weighted by Crippen LogP contribution is 2.24. The highest BCUT2D eigenvalue weighted by atomic mass is 32.2. The Hall–Kier alpha value is -1.97. The molecule has 1 unspecified atom stereocenters. The maximum Gasteiger partial charge on any atom is 0.243 e. The molecule has 160 valence electrons. The Morgan fingerprint density at radius 2 is 1.90 bits per heavy atom. The largest absolute Gasteiger partial charge is 0.370 e. The number of nitrogens with two attached hydrogens (primary N) is 1. The van der Waals surface area contributed by atoms with Crippen LogP contribution in [0.3, 0.4) is 0 Å². The molecule has 0 spiro atoms. The SMILES string of the molecule is NC(=O)CCC1CCCN(CC(=O)Nc2cccc(S(=O)(=O)N3CCCC3)c2)C1. The molecule has 0 saturated carbocycles. The van der Waals surface area contributed by atoms with Crippen LogP contribution < -0.4 is 11.1 Å². The topological polar surface area (TPSA) is 113 Å². The molecule has 2 aliphatic rings. The fraction of sp³-hybridized carbons (Fsp3) is 0.600. The van der Waals surface area contributed by atoms with Gasteiger partial charge in [-0.2, -0.15) is 4.31 Å². The molecule has 0 aliphatic carbocycles. The number of hydrogen-bond donors (Lipinski definition) is 2. The van der Waals surface area contributed by atoms with Gasteiger partial charge in [0.2, 0.25) is 21.8 Å². The average molecular weight is 423 g/mol. The number of carbonyl (C=O) groups is 2. The number of sulfonamides is 1. The molecular formula is C20H30N4O4S. The second-order valence-corrected chi connectivity index (χ2v) is 9.87. The first-order valence-corrected chi connectivity index (χ1v) is 11.7. The van der Waals surface area contributed by atoms with Crippen molar-refractivity contribution in [2.24, 2.45) is 11.7 Å². The molecule has 3 rings (SSSR count). The molecule has 1 aromatic rings. The number of piperidine rings is 1. The van der Waals surface area contributed by atoms with E-state index in [2.05, 4.69) is 10.2 Å². The Kier molecular flexibility index (Phi) is 7.26. The molecule has 0 aromatic heterocycles. The number of amides is 2. The molecule has 8 nitrogen and oxygen atoms in total. The van der Waals surface area contributed by atoms with Crippen molar-refractivity contribution in [1.82, 2.24) is 9.21 Å². The number of hydrogen-bond acceptors (Lipinski definition) is 5. The lowest BCUT2D eigenvalue weighted by molar-refractivity contribution is -0.119. The van der Waals surface area contributed by atoms with Gasteiger partial charge < -0.3 is 11.1 Å². The number of nitrogens with zero attached hydrogens (tertiary/aromatic N) is 2. The lowest BCUT2D eigenvalue weighted by Crippen LogP contribution is -2.40. The normalized spacial score (nSPS) is 21.2. The number of anilines is 1. The zero-order valence-electron chi connectivity index (χ0n) is 16.7. The quantitative estimate of drug-likeness (QED) is 0.657. The molecule has 1 aromatic carbocycles. The fourth-order valence-electron chi connectivity index (χ4n) is 4.09. The first-order chi connectivity index (χ1) is 13.8. The van der Waals surface area contributed by atoms with E-state index in [9.17, 15) is 18.0 Å². The van der Waals surface area contributed by atoms with E-state index < -0.39 is 10.0 Å². The van der Waals surface area contributed by atoms with E-state index in [0.717, 1.165) is 45.2 Å². The van der Waals surface area contributed by atoms with Crippen molar-refractivity contribution in [2.45, 2.75) is 43.4 Å². The van der Waals surface area contributed by atoms with Gasteiger partial charge in [-0.15, -0.1) is 0 Å². The summed E-state index contributed by atoms with van der Waals surface area (Å²) in [6, 6.07) is 6.45. The van der Waals surface area contributed by atoms with Gasteiger partial charge in [0.05, 0.1) is 11.4 Å². The van der Waals surface area contributed by atoms with Crippen molar-refractivity contribution in [2.75, 3.05) is 38.0 Å². The first-order valence-electron chi connectivity index (χ1n) is 10.3. The van der Waals surface area contributed by atoms with Gasteiger partial charge >= 0.3 is 0 Å². The highest BCUT2D eigenvalue weighted by Gasteiger charge is 2.27. The Balaban J connectivity index is 1.56. The average Bonchev–Trinajstić information content (AvgIpc) is 3.22. The molecule has 2 amide bonds. The second kappa shape index (κ2) is 9.69. The summed E-state index contributed by atoms with van der Waals surface area (Å²) in [4.78, 5) is 25.8. The van der Waals surface area contributed by atoms with Crippen molar-refractivity contribution in [3.8, 4) is 0 Å². The van der Waals surface area contributed by atoms with Crippen LogP contribution in [0.25, 0.3) is 0 Å². The van der Waals surface area contributed by atoms with E-state index in [-0.39, 0.29) is 23.3 Å². The molecule has 0 radical (unpaired) electrons. The van der Waals surface area contributed by atoms with E-state index in [1.165, 1.54) is 10.4 Å². The van der Waals surface area contributed by atoms with Crippen LogP contribution in [0.4, 0.5) is 5.69 Å². The Morgan fingerprint density at radius 1 is 1.14 bits per heavy atom. The summed E-state index contributed by atoms with van der Waals surface area (Å²) in [5.74, 6) is -0.0853. The Bertz CT molecular complexity index is 837. The van der Waals surface area contributed by atoms with Gasteiger partial charge in [-0.3, -0.25) is 14.5 Å². The number of primary amides is 1. The summed E-state index contributed by atoms with van der Waals surface area (Å²) in [6.45, 7) is 2.94. The van der Waals surface area contributed by atoms with Crippen LogP contribution in [0.15, 0.2) is 29.2 Å². The molecule has 3 N–H and O–H groups in total. The summed E-state index contributed by atoms with van der Waals surface area (Å²) in [7, 11) is -3.51. The maximum absolute atomic E-state index is 12.7. The predicted octanol–water partition coefficient (Wildman–Crippen LogP) is 1.39. The number of nitrogens with one attached hydrogen (secondary N) is 1. The van der Waals surface area contributed by atoms with Crippen molar-refractivity contribution in [1.29, 1.82) is 0 Å². The second-order valence-electron chi connectivity index (χ2n) is 7.94. The summed E-state index contributed by atoms with van der Waals surface area (Å²) in [6.07, 6.45) is 4.92. The summed E-state index contributed by atoms with van der Waals surface area (Å²) >= 11 is 0. The van der Waals surface area contributed by atoms with Crippen LogP contribution in [0.1, 0.15) is 38.5 Å². The molecule has 2 saturated heterocycles. The Labute approximate surface area is 172 Å². The molecule has 9 heteroatoms. The van der Waals surface area contributed by atoms with E-state index in [1.807, 2.05) is 0 Å². The molecule has 2 fully saturated rings. The van der Waals surface area contributed by atoms with E-state index >= 15 is 0 Å². The van der Waals surface area contributed by atoms with Crippen LogP contribution >= 0.6 is 0 Å². The van der Waals surface area contributed by atoms with Gasteiger partial charge in [0.1, 0.15) is 0 Å². The minimum atomic E-state index is -3.51. The van der Waals surface area contributed by atoms with Crippen molar-refractivity contribution >= 4 is 27.5 Å². The van der Waals surface area contributed by atoms with Crippen LogP contribution in [0, 0.1) is 5.92 Å². The molecular weight excluding hydrogens is 392 g/mol. The Morgan fingerprint density at radius 3 is 2.62 bits per heavy atom. The third-order valence-corrected chi connectivity index (χ3v) is 7.48. The van der Waals surface area contributed by atoms with Crippen molar-refractivity contribution in [3.05, 3.63) is 24.3 Å². The van der Waals surface area contributed by atoms with Gasteiger partial charge in [-0.05, 0) is 62.8 Å². The lowest BCUT2D eigenvalue weighted by Gasteiger charge is -2.32. The minimum Gasteiger partial charge on any atom is -0.370 e. The van der Waals surface area contributed by atoms with Gasteiger partial charge in [-0.25, -0.2) is 8.42 Å². The van der Waals surface area contributed by atoms with Gasteiger partial charge in [-0.1, -0.05) is 6.07 Å². The maximum atomic E-state index is 12.7. The molecule has 2 heterocycles. The third-order valence-electron chi connectivity index (χ3n) is 5.59. The summed E-state index contributed by atoms with van der Waals surface area (Å²) in [5, 5.41) is 2.82. The van der Waals surface area contributed by atoms with Crippen LogP contribution in [0.2, 0.25) is 0 Å². The van der Waals surface area contributed by atoms with Gasteiger partial charge in [0, 0.05) is 31.7 Å².